The topological polar surface area (TPSA) is 80.0 Å². The Bertz CT molecular complexity index is 357. The van der Waals surface area contributed by atoms with Crippen LogP contribution in [0.3, 0.4) is 0 Å². The second-order valence-corrected chi connectivity index (χ2v) is 4.06. The van der Waals surface area contributed by atoms with Crippen molar-refractivity contribution in [2.24, 2.45) is 5.92 Å². The molecule has 2 heterocycles. The van der Waals surface area contributed by atoms with Gasteiger partial charge in [0.2, 0.25) is 5.89 Å². The highest BCUT2D eigenvalue weighted by Gasteiger charge is 2.16. The van der Waals surface area contributed by atoms with Crippen molar-refractivity contribution < 1.29 is 9.32 Å². The van der Waals surface area contributed by atoms with Gasteiger partial charge in [-0.1, -0.05) is 5.16 Å². The first-order chi connectivity index (χ1) is 7.75. The molecule has 1 aliphatic rings. The van der Waals surface area contributed by atoms with E-state index in [0.717, 1.165) is 19.5 Å². The van der Waals surface area contributed by atoms with E-state index in [9.17, 15) is 4.79 Å². The molecule has 1 aliphatic heterocycles. The summed E-state index contributed by atoms with van der Waals surface area (Å²) in [6, 6.07) is 0. The summed E-state index contributed by atoms with van der Waals surface area (Å²) in [7, 11) is 0. The molecule has 0 bridgehead atoms. The lowest BCUT2D eigenvalue weighted by atomic mass is 10.00. The molecule has 1 atom stereocenters. The minimum absolute atomic E-state index is 0.112. The van der Waals surface area contributed by atoms with Crippen LogP contribution in [0.1, 0.15) is 29.4 Å². The van der Waals surface area contributed by atoms with Gasteiger partial charge in [0.25, 0.3) is 11.7 Å². The summed E-state index contributed by atoms with van der Waals surface area (Å²) in [6.07, 6.45) is 2.32. The van der Waals surface area contributed by atoms with Crippen LogP contribution in [-0.2, 0) is 0 Å². The minimum atomic E-state index is -0.262. The maximum atomic E-state index is 11.6. The Balaban J connectivity index is 1.79. The zero-order valence-corrected chi connectivity index (χ0v) is 9.32. The van der Waals surface area contributed by atoms with Crippen molar-refractivity contribution in [1.82, 2.24) is 20.8 Å². The summed E-state index contributed by atoms with van der Waals surface area (Å²) in [5.74, 6) is 0.763. The highest BCUT2D eigenvalue weighted by atomic mass is 16.5. The van der Waals surface area contributed by atoms with Gasteiger partial charge in [-0.05, 0) is 31.8 Å². The van der Waals surface area contributed by atoms with Crippen LogP contribution < -0.4 is 10.6 Å². The van der Waals surface area contributed by atoms with Crippen molar-refractivity contribution in [3.63, 3.8) is 0 Å². The zero-order valence-electron chi connectivity index (χ0n) is 9.32. The number of piperidine rings is 1. The van der Waals surface area contributed by atoms with Crippen molar-refractivity contribution in [3.8, 4) is 0 Å². The molecule has 1 unspecified atom stereocenters. The molecule has 6 heteroatoms. The highest BCUT2D eigenvalue weighted by Crippen LogP contribution is 2.08. The number of amides is 1. The number of carbonyl (C=O) groups excluding carboxylic acids is 1. The SMILES string of the molecule is Cc1nc(C(=O)NCC2CCCNC2)no1. The average Bonchev–Trinajstić information content (AvgIpc) is 2.74. The van der Waals surface area contributed by atoms with E-state index in [1.165, 1.54) is 6.42 Å². The summed E-state index contributed by atoms with van der Waals surface area (Å²) < 4.78 is 4.74. The number of hydrogen-bond acceptors (Lipinski definition) is 5. The second kappa shape index (κ2) is 5.07. The molecule has 16 heavy (non-hydrogen) atoms. The quantitative estimate of drug-likeness (QED) is 0.761. The minimum Gasteiger partial charge on any atom is -0.349 e. The highest BCUT2D eigenvalue weighted by molar-refractivity contribution is 5.90. The predicted octanol–water partition coefficient (Wildman–Crippen LogP) is 0.107. The summed E-state index contributed by atoms with van der Waals surface area (Å²) in [6.45, 7) is 4.37. The van der Waals surface area contributed by atoms with Crippen LogP contribution in [0.25, 0.3) is 0 Å². The van der Waals surface area contributed by atoms with Gasteiger partial charge in [-0.15, -0.1) is 0 Å². The number of aromatic nitrogens is 2. The van der Waals surface area contributed by atoms with Crippen LogP contribution in [0.15, 0.2) is 4.52 Å². The van der Waals surface area contributed by atoms with Gasteiger partial charge in [-0.3, -0.25) is 4.79 Å². The third-order valence-electron chi connectivity index (χ3n) is 2.68. The Morgan fingerprint density at radius 2 is 2.56 bits per heavy atom. The third kappa shape index (κ3) is 2.79. The molecule has 88 valence electrons. The van der Waals surface area contributed by atoms with Gasteiger partial charge in [0.1, 0.15) is 0 Å². The van der Waals surface area contributed by atoms with Gasteiger partial charge in [-0.2, -0.15) is 4.98 Å². The van der Waals surface area contributed by atoms with Gasteiger partial charge < -0.3 is 15.2 Å². The van der Waals surface area contributed by atoms with Crippen LogP contribution in [0.2, 0.25) is 0 Å². The molecule has 6 nitrogen and oxygen atoms in total. The van der Waals surface area contributed by atoms with E-state index in [4.69, 9.17) is 4.52 Å². The first-order valence-corrected chi connectivity index (χ1v) is 5.55. The van der Waals surface area contributed by atoms with Gasteiger partial charge in [0.05, 0.1) is 0 Å². The Hall–Kier alpha value is -1.43. The number of carbonyl (C=O) groups is 1. The summed E-state index contributed by atoms with van der Waals surface area (Å²) >= 11 is 0. The molecule has 1 fully saturated rings. The predicted molar refractivity (Wildman–Crippen MR) is 57.0 cm³/mol. The molecule has 0 aromatic carbocycles. The molecule has 1 amide bonds. The maximum absolute atomic E-state index is 11.6. The Labute approximate surface area is 93.8 Å². The number of aryl methyl sites for hydroxylation is 1. The van der Waals surface area contributed by atoms with Crippen LogP contribution in [-0.4, -0.2) is 35.7 Å². The normalized spacial score (nSPS) is 20.7. The van der Waals surface area contributed by atoms with Crippen LogP contribution in [0, 0.1) is 12.8 Å². The summed E-state index contributed by atoms with van der Waals surface area (Å²) in [5.41, 5.74) is 0. The fourth-order valence-corrected chi connectivity index (χ4v) is 1.81. The van der Waals surface area contributed by atoms with E-state index in [-0.39, 0.29) is 11.7 Å². The van der Waals surface area contributed by atoms with Crippen LogP contribution >= 0.6 is 0 Å². The molecular weight excluding hydrogens is 208 g/mol. The molecular formula is C10H16N4O2. The van der Waals surface area contributed by atoms with E-state index in [1.807, 2.05) is 0 Å². The van der Waals surface area contributed by atoms with Crippen molar-refractivity contribution in [3.05, 3.63) is 11.7 Å². The second-order valence-electron chi connectivity index (χ2n) is 4.06. The molecule has 1 aromatic rings. The Morgan fingerprint density at radius 1 is 1.69 bits per heavy atom. The smallest absolute Gasteiger partial charge is 0.292 e. The molecule has 1 saturated heterocycles. The van der Waals surface area contributed by atoms with Crippen molar-refractivity contribution >= 4 is 5.91 Å². The number of rotatable bonds is 3. The Kier molecular flexibility index (Phi) is 3.51. The molecule has 0 saturated carbocycles. The summed E-state index contributed by atoms with van der Waals surface area (Å²) in [5, 5.41) is 9.69. The van der Waals surface area contributed by atoms with Crippen molar-refractivity contribution in [1.29, 1.82) is 0 Å². The number of nitrogens with one attached hydrogen (secondary N) is 2. The molecule has 1 aromatic heterocycles. The van der Waals surface area contributed by atoms with E-state index >= 15 is 0 Å². The van der Waals surface area contributed by atoms with Gasteiger partial charge in [0.15, 0.2) is 0 Å². The fourth-order valence-electron chi connectivity index (χ4n) is 1.81. The monoisotopic (exact) mass is 224 g/mol. The summed E-state index contributed by atoms with van der Waals surface area (Å²) in [4.78, 5) is 15.5. The van der Waals surface area contributed by atoms with Crippen molar-refractivity contribution in [2.45, 2.75) is 19.8 Å². The molecule has 0 spiro atoms. The Morgan fingerprint density at radius 3 is 3.19 bits per heavy atom. The number of nitrogens with zero attached hydrogens (tertiary/aromatic N) is 2. The maximum Gasteiger partial charge on any atom is 0.292 e. The van der Waals surface area contributed by atoms with E-state index in [0.29, 0.717) is 18.4 Å². The van der Waals surface area contributed by atoms with E-state index < -0.39 is 0 Å². The lowest BCUT2D eigenvalue weighted by Gasteiger charge is -2.22. The number of hydrogen-bond donors (Lipinski definition) is 2. The lowest BCUT2D eigenvalue weighted by Crippen LogP contribution is -2.38. The van der Waals surface area contributed by atoms with Crippen LogP contribution in [0.4, 0.5) is 0 Å². The van der Waals surface area contributed by atoms with Gasteiger partial charge in [-0.25, -0.2) is 0 Å². The van der Waals surface area contributed by atoms with Crippen LogP contribution in [0.5, 0.6) is 0 Å². The third-order valence-corrected chi connectivity index (χ3v) is 2.68. The fraction of sp³-hybridized carbons (Fsp3) is 0.700. The van der Waals surface area contributed by atoms with E-state index in [2.05, 4.69) is 20.8 Å². The first-order valence-electron chi connectivity index (χ1n) is 5.55. The largest absolute Gasteiger partial charge is 0.349 e. The molecule has 2 rings (SSSR count). The standard InChI is InChI=1S/C10H16N4O2/c1-7-13-9(14-16-7)10(15)12-6-8-3-2-4-11-5-8/h8,11H,2-6H2,1H3,(H,12,15). The lowest BCUT2D eigenvalue weighted by molar-refractivity contribution is 0.0931. The first kappa shape index (κ1) is 11.1. The van der Waals surface area contributed by atoms with Gasteiger partial charge in [0, 0.05) is 13.5 Å². The van der Waals surface area contributed by atoms with Gasteiger partial charge >= 0.3 is 0 Å². The molecule has 2 N–H and O–H groups in total. The average molecular weight is 224 g/mol. The van der Waals surface area contributed by atoms with Crippen molar-refractivity contribution in [2.75, 3.05) is 19.6 Å². The molecule has 0 radical (unpaired) electrons. The molecule has 0 aliphatic carbocycles. The van der Waals surface area contributed by atoms with E-state index in [1.54, 1.807) is 6.92 Å². The zero-order chi connectivity index (χ0) is 11.4.